The molecule has 1 aliphatic rings. The molecule has 1 aromatic heterocycles. The minimum Gasteiger partial charge on any atom is -0.350 e. The van der Waals surface area contributed by atoms with Gasteiger partial charge in [0.05, 0.1) is 11.4 Å². The van der Waals surface area contributed by atoms with Gasteiger partial charge < -0.3 is 10.6 Å². The lowest BCUT2D eigenvalue weighted by atomic mass is 10.0. The number of carbonyl (C=O) groups excluding carboxylic acids is 1. The predicted octanol–water partition coefficient (Wildman–Crippen LogP) is 0.833. The van der Waals surface area contributed by atoms with Crippen LogP contribution in [0.15, 0.2) is 24.3 Å². The highest BCUT2D eigenvalue weighted by atomic mass is 16.2. The first-order chi connectivity index (χ1) is 10.1. The maximum Gasteiger partial charge on any atom is 0.273 e. The molecular weight excluding hydrogens is 266 g/mol. The molecular formula is C15H19N5O. The second-order valence-corrected chi connectivity index (χ2v) is 5.51. The SMILES string of the molecule is Cc1ccc(-n2nnc(C(=O)NCC3CNC3)c2C)cc1. The molecule has 1 aromatic carbocycles. The maximum absolute atomic E-state index is 12.2. The quantitative estimate of drug-likeness (QED) is 0.873. The van der Waals surface area contributed by atoms with Crippen molar-refractivity contribution < 1.29 is 4.79 Å². The van der Waals surface area contributed by atoms with E-state index in [4.69, 9.17) is 0 Å². The molecule has 0 unspecified atom stereocenters. The molecule has 1 saturated heterocycles. The molecule has 0 radical (unpaired) electrons. The molecule has 21 heavy (non-hydrogen) atoms. The van der Waals surface area contributed by atoms with Crippen molar-refractivity contribution in [2.24, 2.45) is 5.92 Å². The van der Waals surface area contributed by atoms with Gasteiger partial charge in [-0.2, -0.15) is 0 Å². The molecule has 0 aliphatic carbocycles. The van der Waals surface area contributed by atoms with Crippen LogP contribution in [0.25, 0.3) is 5.69 Å². The lowest BCUT2D eigenvalue weighted by Gasteiger charge is -2.26. The van der Waals surface area contributed by atoms with Gasteiger partial charge in [0.2, 0.25) is 0 Å². The van der Waals surface area contributed by atoms with Crippen LogP contribution in [0.5, 0.6) is 0 Å². The lowest BCUT2D eigenvalue weighted by Crippen LogP contribution is -2.48. The number of benzene rings is 1. The Bertz CT molecular complexity index is 643. The highest BCUT2D eigenvalue weighted by Gasteiger charge is 2.21. The van der Waals surface area contributed by atoms with Crippen molar-refractivity contribution in [3.63, 3.8) is 0 Å². The zero-order valence-corrected chi connectivity index (χ0v) is 12.3. The highest BCUT2D eigenvalue weighted by molar-refractivity contribution is 5.93. The molecule has 1 fully saturated rings. The lowest BCUT2D eigenvalue weighted by molar-refractivity contribution is 0.0936. The first kappa shape index (κ1) is 13.8. The van der Waals surface area contributed by atoms with Crippen molar-refractivity contribution in [3.05, 3.63) is 41.2 Å². The number of nitrogens with one attached hydrogen (secondary N) is 2. The minimum atomic E-state index is -0.155. The van der Waals surface area contributed by atoms with Crippen LogP contribution in [0.1, 0.15) is 21.7 Å². The van der Waals surface area contributed by atoms with E-state index >= 15 is 0 Å². The van der Waals surface area contributed by atoms with Gasteiger partial charge in [0.1, 0.15) is 0 Å². The van der Waals surface area contributed by atoms with Crippen LogP contribution in [0, 0.1) is 19.8 Å². The van der Waals surface area contributed by atoms with E-state index in [1.807, 2.05) is 38.1 Å². The van der Waals surface area contributed by atoms with E-state index < -0.39 is 0 Å². The van der Waals surface area contributed by atoms with E-state index in [1.54, 1.807) is 4.68 Å². The molecule has 0 bridgehead atoms. The summed E-state index contributed by atoms with van der Waals surface area (Å²) in [7, 11) is 0. The van der Waals surface area contributed by atoms with Gasteiger partial charge in [0.15, 0.2) is 5.69 Å². The molecule has 0 atom stereocenters. The summed E-state index contributed by atoms with van der Waals surface area (Å²) in [6, 6.07) is 7.97. The van der Waals surface area contributed by atoms with E-state index in [9.17, 15) is 4.79 Å². The monoisotopic (exact) mass is 285 g/mol. The minimum absolute atomic E-state index is 0.155. The molecule has 6 heteroatoms. The highest BCUT2D eigenvalue weighted by Crippen LogP contribution is 2.13. The largest absolute Gasteiger partial charge is 0.350 e. The van der Waals surface area contributed by atoms with Crippen molar-refractivity contribution in [2.45, 2.75) is 13.8 Å². The zero-order valence-electron chi connectivity index (χ0n) is 12.3. The molecule has 2 aromatic rings. The Labute approximate surface area is 123 Å². The summed E-state index contributed by atoms with van der Waals surface area (Å²) in [5.41, 5.74) is 3.24. The van der Waals surface area contributed by atoms with Crippen molar-refractivity contribution in [3.8, 4) is 5.69 Å². The van der Waals surface area contributed by atoms with Gasteiger partial charge >= 0.3 is 0 Å². The van der Waals surface area contributed by atoms with Gasteiger partial charge in [-0.1, -0.05) is 22.9 Å². The summed E-state index contributed by atoms with van der Waals surface area (Å²) < 4.78 is 1.69. The number of rotatable bonds is 4. The number of aromatic nitrogens is 3. The Morgan fingerprint density at radius 1 is 1.33 bits per heavy atom. The van der Waals surface area contributed by atoms with Crippen LogP contribution in [-0.4, -0.2) is 40.5 Å². The number of aryl methyl sites for hydroxylation is 1. The molecule has 0 spiro atoms. The van der Waals surface area contributed by atoms with E-state index in [0.717, 1.165) is 24.5 Å². The number of hydrogen-bond donors (Lipinski definition) is 2. The van der Waals surface area contributed by atoms with E-state index in [0.29, 0.717) is 18.2 Å². The number of carbonyl (C=O) groups is 1. The van der Waals surface area contributed by atoms with Gasteiger partial charge in [-0.25, -0.2) is 4.68 Å². The van der Waals surface area contributed by atoms with Crippen molar-refractivity contribution in [1.82, 2.24) is 25.6 Å². The number of nitrogens with zero attached hydrogens (tertiary/aromatic N) is 3. The predicted molar refractivity (Wildman–Crippen MR) is 79.5 cm³/mol. The summed E-state index contributed by atoms with van der Waals surface area (Å²) >= 11 is 0. The Morgan fingerprint density at radius 3 is 2.67 bits per heavy atom. The summed E-state index contributed by atoms with van der Waals surface area (Å²) in [6.07, 6.45) is 0. The van der Waals surface area contributed by atoms with Crippen molar-refractivity contribution in [1.29, 1.82) is 0 Å². The molecule has 0 saturated carbocycles. The number of amides is 1. The molecule has 6 nitrogen and oxygen atoms in total. The van der Waals surface area contributed by atoms with Gasteiger partial charge in [-0.15, -0.1) is 5.10 Å². The zero-order chi connectivity index (χ0) is 14.8. The topological polar surface area (TPSA) is 71.8 Å². The van der Waals surface area contributed by atoms with Gasteiger partial charge in [0, 0.05) is 25.6 Å². The normalized spacial score (nSPS) is 14.8. The average molecular weight is 285 g/mol. The molecule has 110 valence electrons. The molecule has 2 N–H and O–H groups in total. The maximum atomic E-state index is 12.2. The Balaban J connectivity index is 1.74. The Kier molecular flexibility index (Phi) is 3.70. The van der Waals surface area contributed by atoms with Crippen LogP contribution in [-0.2, 0) is 0 Å². The summed E-state index contributed by atoms with van der Waals surface area (Å²) in [6.45, 7) is 6.51. The standard InChI is InChI=1S/C15H19N5O/c1-10-3-5-13(6-4-10)20-11(2)14(18-19-20)15(21)17-9-12-7-16-8-12/h3-6,12,16H,7-9H2,1-2H3,(H,17,21). The van der Waals surface area contributed by atoms with Crippen LogP contribution in [0.3, 0.4) is 0 Å². The third kappa shape index (κ3) is 2.80. The van der Waals surface area contributed by atoms with E-state index in [2.05, 4.69) is 20.9 Å². The smallest absolute Gasteiger partial charge is 0.273 e. The van der Waals surface area contributed by atoms with Crippen LogP contribution in [0.4, 0.5) is 0 Å². The molecule has 3 rings (SSSR count). The fourth-order valence-corrected chi connectivity index (χ4v) is 2.28. The van der Waals surface area contributed by atoms with Gasteiger partial charge in [-0.3, -0.25) is 4.79 Å². The average Bonchev–Trinajstić information content (AvgIpc) is 2.80. The Morgan fingerprint density at radius 2 is 2.05 bits per heavy atom. The molecule has 1 amide bonds. The van der Waals surface area contributed by atoms with Crippen LogP contribution in [0.2, 0.25) is 0 Å². The summed E-state index contributed by atoms with van der Waals surface area (Å²) in [5.74, 6) is 0.374. The van der Waals surface area contributed by atoms with Crippen LogP contribution < -0.4 is 10.6 Å². The summed E-state index contributed by atoms with van der Waals surface area (Å²) in [5, 5.41) is 14.2. The third-order valence-corrected chi connectivity index (χ3v) is 3.81. The Hall–Kier alpha value is -2.21. The van der Waals surface area contributed by atoms with E-state index in [1.165, 1.54) is 5.56 Å². The number of hydrogen-bond acceptors (Lipinski definition) is 4. The third-order valence-electron chi connectivity index (χ3n) is 3.81. The first-order valence-corrected chi connectivity index (χ1v) is 7.13. The van der Waals surface area contributed by atoms with Crippen LogP contribution >= 0.6 is 0 Å². The molecule has 1 aliphatic heterocycles. The van der Waals surface area contributed by atoms with E-state index in [-0.39, 0.29) is 5.91 Å². The second kappa shape index (κ2) is 5.65. The molecule has 2 heterocycles. The summed E-state index contributed by atoms with van der Waals surface area (Å²) in [4.78, 5) is 12.2. The van der Waals surface area contributed by atoms with Gasteiger partial charge in [0.25, 0.3) is 5.91 Å². The van der Waals surface area contributed by atoms with Crippen molar-refractivity contribution in [2.75, 3.05) is 19.6 Å². The first-order valence-electron chi connectivity index (χ1n) is 7.13. The second-order valence-electron chi connectivity index (χ2n) is 5.51. The fourth-order valence-electron chi connectivity index (χ4n) is 2.28. The fraction of sp³-hybridized carbons (Fsp3) is 0.400. The van der Waals surface area contributed by atoms with Gasteiger partial charge in [-0.05, 0) is 26.0 Å². The van der Waals surface area contributed by atoms with Crippen molar-refractivity contribution >= 4 is 5.91 Å².